The molecule has 0 radical (unpaired) electrons. The van der Waals surface area contributed by atoms with E-state index in [0.717, 1.165) is 31.7 Å². The summed E-state index contributed by atoms with van der Waals surface area (Å²) in [5.41, 5.74) is 1.18. The predicted octanol–water partition coefficient (Wildman–Crippen LogP) is -0.962. The molecular weight excluding hydrogens is 302 g/mol. The first-order valence-electron chi connectivity index (χ1n) is 7.75. The zero-order valence-electron chi connectivity index (χ0n) is 12.5. The summed E-state index contributed by atoms with van der Waals surface area (Å²) in [6, 6.07) is 0. The molecule has 0 saturated carbocycles. The molecule has 0 aromatic carbocycles. The minimum absolute atomic E-state index is 0.366. The predicted molar refractivity (Wildman–Crippen MR) is 79.8 cm³/mol. The van der Waals surface area contributed by atoms with Crippen molar-refractivity contribution >= 4 is 17.0 Å². The van der Waals surface area contributed by atoms with E-state index in [9.17, 15) is 15.3 Å². The standard InChI is InChI=1S/C14H19N5O4/c20-5-8-10(21)11(22)14(23-8)19-7-17-9-12(15-6-16-13(9)19)18-3-1-2-4-18/h6-8,10-11,14,20-22H,1-5H2. The molecule has 4 unspecified atom stereocenters. The number of hydrogen-bond acceptors (Lipinski definition) is 8. The van der Waals surface area contributed by atoms with Crippen LogP contribution >= 0.6 is 0 Å². The van der Waals surface area contributed by atoms with Crippen LogP contribution in [0.2, 0.25) is 0 Å². The number of imidazole rings is 1. The lowest BCUT2D eigenvalue weighted by atomic mass is 10.1. The lowest BCUT2D eigenvalue weighted by Crippen LogP contribution is -2.33. The van der Waals surface area contributed by atoms with Crippen molar-refractivity contribution in [3.8, 4) is 0 Å². The van der Waals surface area contributed by atoms with Crippen LogP contribution in [0.15, 0.2) is 12.7 Å². The van der Waals surface area contributed by atoms with Crippen molar-refractivity contribution in [1.29, 1.82) is 0 Å². The van der Waals surface area contributed by atoms with Gasteiger partial charge in [0.2, 0.25) is 0 Å². The van der Waals surface area contributed by atoms with E-state index >= 15 is 0 Å². The van der Waals surface area contributed by atoms with Crippen molar-refractivity contribution in [3.63, 3.8) is 0 Å². The Labute approximate surface area is 132 Å². The summed E-state index contributed by atoms with van der Waals surface area (Å²) >= 11 is 0. The van der Waals surface area contributed by atoms with Crippen LogP contribution in [0.4, 0.5) is 5.82 Å². The average molecular weight is 321 g/mol. The van der Waals surface area contributed by atoms with Gasteiger partial charge in [-0.25, -0.2) is 15.0 Å². The van der Waals surface area contributed by atoms with Gasteiger partial charge < -0.3 is 25.0 Å². The highest BCUT2D eigenvalue weighted by Crippen LogP contribution is 2.33. The van der Waals surface area contributed by atoms with Crippen LogP contribution in [0, 0.1) is 0 Å². The Morgan fingerprint density at radius 2 is 1.91 bits per heavy atom. The summed E-state index contributed by atoms with van der Waals surface area (Å²) in [6.45, 7) is 1.51. The smallest absolute Gasteiger partial charge is 0.167 e. The van der Waals surface area contributed by atoms with E-state index in [0.29, 0.717) is 11.2 Å². The molecule has 2 aromatic heterocycles. The minimum Gasteiger partial charge on any atom is -0.394 e. The van der Waals surface area contributed by atoms with Crippen LogP contribution in [0.1, 0.15) is 19.1 Å². The fourth-order valence-electron chi connectivity index (χ4n) is 3.30. The molecule has 3 N–H and O–H groups in total. The van der Waals surface area contributed by atoms with Crippen LogP contribution < -0.4 is 4.90 Å². The Bertz CT molecular complexity index is 702. The topological polar surface area (TPSA) is 117 Å². The zero-order chi connectivity index (χ0) is 16.0. The van der Waals surface area contributed by atoms with Gasteiger partial charge in [0.25, 0.3) is 0 Å². The average Bonchev–Trinajstić information content (AvgIpc) is 3.28. The molecule has 9 heteroatoms. The molecule has 0 bridgehead atoms. The number of ether oxygens (including phenoxy) is 1. The number of anilines is 1. The third-order valence-corrected chi connectivity index (χ3v) is 4.54. The lowest BCUT2D eigenvalue weighted by Gasteiger charge is -2.18. The summed E-state index contributed by atoms with van der Waals surface area (Å²) in [4.78, 5) is 15.1. The van der Waals surface area contributed by atoms with Gasteiger partial charge in [-0.05, 0) is 12.8 Å². The summed E-state index contributed by atoms with van der Waals surface area (Å²) in [7, 11) is 0. The Balaban J connectivity index is 1.73. The van der Waals surface area contributed by atoms with Crippen LogP contribution in [-0.4, -0.2) is 72.8 Å². The molecule has 4 atom stereocenters. The van der Waals surface area contributed by atoms with Crippen LogP contribution in [0.25, 0.3) is 11.2 Å². The maximum absolute atomic E-state index is 10.2. The Hall–Kier alpha value is -1.81. The van der Waals surface area contributed by atoms with Gasteiger partial charge in [-0.1, -0.05) is 0 Å². The summed E-state index contributed by atoms with van der Waals surface area (Å²) in [6.07, 6.45) is 1.27. The van der Waals surface area contributed by atoms with Crippen LogP contribution in [0.5, 0.6) is 0 Å². The fourth-order valence-corrected chi connectivity index (χ4v) is 3.30. The van der Waals surface area contributed by atoms with Gasteiger partial charge in [0, 0.05) is 13.1 Å². The molecule has 2 aromatic rings. The van der Waals surface area contributed by atoms with Gasteiger partial charge in [-0.3, -0.25) is 4.57 Å². The van der Waals surface area contributed by atoms with E-state index in [1.54, 1.807) is 4.57 Å². The Morgan fingerprint density at radius 1 is 1.13 bits per heavy atom. The molecule has 0 aliphatic carbocycles. The highest BCUT2D eigenvalue weighted by Gasteiger charge is 2.44. The molecule has 0 amide bonds. The molecular formula is C14H19N5O4. The second kappa shape index (κ2) is 5.68. The molecule has 0 spiro atoms. The first kappa shape index (κ1) is 14.8. The van der Waals surface area contributed by atoms with Crippen molar-refractivity contribution in [2.75, 3.05) is 24.6 Å². The monoisotopic (exact) mass is 321 g/mol. The van der Waals surface area contributed by atoms with E-state index < -0.39 is 24.5 Å². The van der Waals surface area contributed by atoms with E-state index in [1.165, 1.54) is 12.7 Å². The summed E-state index contributed by atoms with van der Waals surface area (Å²) < 4.78 is 7.14. The largest absolute Gasteiger partial charge is 0.394 e. The number of hydrogen-bond donors (Lipinski definition) is 3. The van der Waals surface area contributed by atoms with Crippen LogP contribution in [-0.2, 0) is 4.74 Å². The van der Waals surface area contributed by atoms with Gasteiger partial charge in [0.1, 0.15) is 24.6 Å². The quantitative estimate of drug-likeness (QED) is 0.662. The van der Waals surface area contributed by atoms with Gasteiger partial charge in [0.05, 0.1) is 12.9 Å². The lowest BCUT2D eigenvalue weighted by molar-refractivity contribution is -0.0511. The molecule has 2 fully saturated rings. The first-order chi connectivity index (χ1) is 11.2. The van der Waals surface area contributed by atoms with E-state index in [1.807, 2.05) is 0 Å². The van der Waals surface area contributed by atoms with Crippen LogP contribution in [0.3, 0.4) is 0 Å². The van der Waals surface area contributed by atoms with Crippen molar-refractivity contribution in [2.24, 2.45) is 0 Å². The second-order valence-electron chi connectivity index (χ2n) is 5.94. The molecule has 2 saturated heterocycles. The van der Waals surface area contributed by atoms with E-state index in [2.05, 4.69) is 19.9 Å². The maximum Gasteiger partial charge on any atom is 0.167 e. The van der Waals surface area contributed by atoms with Crippen molar-refractivity contribution in [3.05, 3.63) is 12.7 Å². The SMILES string of the molecule is OCC1OC(n2cnc3c(N4CCCC4)ncnc32)C(O)C1O. The third-order valence-electron chi connectivity index (χ3n) is 4.54. The number of rotatable bonds is 3. The van der Waals surface area contributed by atoms with E-state index in [-0.39, 0.29) is 6.61 Å². The number of fused-ring (bicyclic) bond motifs is 1. The summed E-state index contributed by atoms with van der Waals surface area (Å²) in [5, 5.41) is 29.3. The number of aliphatic hydroxyl groups is 3. The first-order valence-corrected chi connectivity index (χ1v) is 7.75. The summed E-state index contributed by atoms with van der Waals surface area (Å²) in [5.74, 6) is 0.776. The number of aromatic nitrogens is 4. The highest BCUT2D eigenvalue weighted by atomic mass is 16.6. The van der Waals surface area contributed by atoms with Crippen molar-refractivity contribution in [1.82, 2.24) is 19.5 Å². The fraction of sp³-hybridized carbons (Fsp3) is 0.643. The van der Waals surface area contributed by atoms with Gasteiger partial charge in [0.15, 0.2) is 23.2 Å². The molecule has 4 heterocycles. The molecule has 2 aliphatic rings. The highest BCUT2D eigenvalue weighted by molar-refractivity contribution is 5.83. The normalized spacial score (nSPS) is 31.3. The van der Waals surface area contributed by atoms with Crippen molar-refractivity contribution in [2.45, 2.75) is 37.4 Å². The molecule has 9 nitrogen and oxygen atoms in total. The third kappa shape index (κ3) is 2.27. The van der Waals surface area contributed by atoms with Gasteiger partial charge in [-0.15, -0.1) is 0 Å². The molecule has 124 valence electrons. The Morgan fingerprint density at radius 3 is 2.61 bits per heavy atom. The second-order valence-corrected chi connectivity index (χ2v) is 5.94. The van der Waals surface area contributed by atoms with E-state index in [4.69, 9.17) is 4.74 Å². The maximum atomic E-state index is 10.2. The number of nitrogens with zero attached hydrogens (tertiary/aromatic N) is 5. The van der Waals surface area contributed by atoms with Gasteiger partial charge in [-0.2, -0.15) is 0 Å². The Kier molecular flexibility index (Phi) is 3.64. The molecule has 23 heavy (non-hydrogen) atoms. The van der Waals surface area contributed by atoms with Gasteiger partial charge >= 0.3 is 0 Å². The van der Waals surface area contributed by atoms with Crippen molar-refractivity contribution < 1.29 is 20.1 Å². The molecule has 4 rings (SSSR count). The number of aliphatic hydroxyl groups excluding tert-OH is 3. The zero-order valence-corrected chi connectivity index (χ0v) is 12.5. The molecule has 2 aliphatic heterocycles. The minimum atomic E-state index is -1.16.